The van der Waals surface area contributed by atoms with Crippen molar-refractivity contribution in [3.05, 3.63) is 35.2 Å². The van der Waals surface area contributed by atoms with Crippen molar-refractivity contribution in [2.24, 2.45) is 0 Å². The fourth-order valence-electron chi connectivity index (χ4n) is 2.33. The quantitative estimate of drug-likeness (QED) is 0.850. The number of nitrogens with zero attached hydrogens (tertiary/aromatic N) is 1. The number of ether oxygens (including phenoxy) is 3. The summed E-state index contributed by atoms with van der Waals surface area (Å²) in [5, 5.41) is 0. The van der Waals surface area contributed by atoms with Crippen molar-refractivity contribution in [3.63, 3.8) is 0 Å². The Morgan fingerprint density at radius 2 is 1.55 bits per heavy atom. The monoisotopic (exact) mass is 300 g/mol. The summed E-state index contributed by atoms with van der Waals surface area (Å²) in [6.45, 7) is 3.79. The number of pyridine rings is 1. The van der Waals surface area contributed by atoms with Crippen molar-refractivity contribution in [1.29, 1.82) is 0 Å². The molecule has 0 spiro atoms. The average molecular weight is 300 g/mol. The van der Waals surface area contributed by atoms with Crippen LogP contribution in [0, 0.1) is 13.8 Å². The molecule has 0 aliphatic carbocycles. The van der Waals surface area contributed by atoms with Crippen LogP contribution in [0.1, 0.15) is 16.8 Å². The highest BCUT2D eigenvalue weighted by atomic mass is 16.5. The van der Waals surface area contributed by atoms with E-state index in [9.17, 15) is 4.79 Å². The van der Waals surface area contributed by atoms with Crippen molar-refractivity contribution >= 4 is 6.29 Å². The molecule has 0 amide bonds. The second kappa shape index (κ2) is 6.47. The Balaban J connectivity index is 2.68. The molecule has 0 aliphatic heterocycles. The van der Waals surface area contributed by atoms with Crippen LogP contribution < -0.4 is 14.2 Å². The van der Waals surface area contributed by atoms with E-state index in [0.717, 1.165) is 22.3 Å². The fourth-order valence-corrected chi connectivity index (χ4v) is 2.33. The van der Waals surface area contributed by atoms with E-state index in [1.54, 1.807) is 27.5 Å². The van der Waals surface area contributed by atoms with E-state index in [1.807, 2.05) is 32.3 Å². The molecule has 115 valence electrons. The van der Waals surface area contributed by atoms with Gasteiger partial charge in [-0.15, -0.1) is 0 Å². The van der Waals surface area contributed by atoms with Gasteiger partial charge in [-0.3, -0.25) is 9.78 Å². The zero-order valence-electron chi connectivity index (χ0n) is 13.3. The van der Waals surface area contributed by atoms with Gasteiger partial charge in [0.15, 0.2) is 11.5 Å². The maximum atomic E-state index is 10.9. The van der Waals surface area contributed by atoms with Gasteiger partial charge in [0.25, 0.3) is 6.29 Å². The SMILES string of the molecule is COc1cc(-c2cnc([C]=O)c(C)c2C)cc(OC)c1OC. The Morgan fingerprint density at radius 3 is 2.00 bits per heavy atom. The Labute approximate surface area is 129 Å². The summed E-state index contributed by atoms with van der Waals surface area (Å²) in [6.07, 6.45) is 3.50. The molecule has 0 atom stereocenters. The van der Waals surface area contributed by atoms with E-state index < -0.39 is 0 Å². The minimum atomic E-state index is 0.327. The molecule has 0 fully saturated rings. The van der Waals surface area contributed by atoms with Gasteiger partial charge in [0, 0.05) is 11.8 Å². The molecule has 0 aliphatic rings. The molecule has 1 radical (unpaired) electrons. The lowest BCUT2D eigenvalue weighted by atomic mass is 9.97. The molecule has 1 heterocycles. The molecule has 1 aromatic carbocycles. The summed E-state index contributed by atoms with van der Waals surface area (Å²) >= 11 is 0. The van der Waals surface area contributed by atoms with Crippen LogP contribution in [0.5, 0.6) is 17.2 Å². The van der Waals surface area contributed by atoms with Crippen molar-refractivity contribution in [2.45, 2.75) is 13.8 Å². The average Bonchev–Trinajstić information content (AvgIpc) is 2.55. The van der Waals surface area contributed by atoms with Gasteiger partial charge in [-0.25, -0.2) is 0 Å². The van der Waals surface area contributed by atoms with Crippen LogP contribution in [0.15, 0.2) is 18.3 Å². The van der Waals surface area contributed by atoms with Gasteiger partial charge in [0.05, 0.1) is 21.3 Å². The molecule has 5 nitrogen and oxygen atoms in total. The first kappa shape index (κ1) is 15.8. The van der Waals surface area contributed by atoms with Crippen LogP contribution in [0.4, 0.5) is 0 Å². The van der Waals surface area contributed by atoms with E-state index in [1.165, 1.54) is 0 Å². The molecule has 2 rings (SSSR count). The van der Waals surface area contributed by atoms with E-state index in [0.29, 0.717) is 22.9 Å². The van der Waals surface area contributed by atoms with E-state index in [4.69, 9.17) is 14.2 Å². The normalized spacial score (nSPS) is 10.2. The highest BCUT2D eigenvalue weighted by molar-refractivity contribution is 5.80. The van der Waals surface area contributed by atoms with E-state index in [-0.39, 0.29) is 0 Å². The highest BCUT2D eigenvalue weighted by Crippen LogP contribution is 2.41. The molecule has 0 saturated carbocycles. The molecule has 2 aromatic rings. The first-order valence-corrected chi connectivity index (χ1v) is 6.72. The van der Waals surface area contributed by atoms with Gasteiger partial charge >= 0.3 is 0 Å². The summed E-state index contributed by atoms with van der Waals surface area (Å²) in [4.78, 5) is 15.0. The van der Waals surface area contributed by atoms with Gasteiger partial charge in [0.2, 0.25) is 5.75 Å². The maximum Gasteiger partial charge on any atom is 0.253 e. The zero-order valence-corrected chi connectivity index (χ0v) is 13.3. The van der Waals surface area contributed by atoms with Crippen molar-refractivity contribution in [1.82, 2.24) is 4.98 Å². The lowest BCUT2D eigenvalue weighted by Gasteiger charge is -2.16. The molecule has 0 N–H and O–H groups in total. The fraction of sp³-hybridized carbons (Fsp3) is 0.294. The third-order valence-electron chi connectivity index (χ3n) is 3.72. The predicted molar refractivity (Wildman–Crippen MR) is 83.6 cm³/mol. The van der Waals surface area contributed by atoms with Crippen LogP contribution in [0.25, 0.3) is 11.1 Å². The summed E-state index contributed by atoms with van der Waals surface area (Å²) in [5.74, 6) is 1.67. The molecular weight excluding hydrogens is 282 g/mol. The van der Waals surface area contributed by atoms with Crippen LogP contribution in [0.2, 0.25) is 0 Å². The second-order valence-corrected chi connectivity index (χ2v) is 4.79. The van der Waals surface area contributed by atoms with Gasteiger partial charge in [-0.2, -0.15) is 0 Å². The number of hydrogen-bond donors (Lipinski definition) is 0. The second-order valence-electron chi connectivity index (χ2n) is 4.79. The molecule has 0 saturated heterocycles. The molecular formula is C17H18NO4. The summed E-state index contributed by atoms with van der Waals surface area (Å²) in [5.41, 5.74) is 3.87. The smallest absolute Gasteiger partial charge is 0.253 e. The Bertz CT molecular complexity index is 685. The third-order valence-corrected chi connectivity index (χ3v) is 3.72. The maximum absolute atomic E-state index is 10.9. The zero-order chi connectivity index (χ0) is 16.3. The van der Waals surface area contributed by atoms with Gasteiger partial charge in [-0.05, 0) is 42.7 Å². The summed E-state index contributed by atoms with van der Waals surface area (Å²) in [7, 11) is 4.70. The van der Waals surface area contributed by atoms with E-state index >= 15 is 0 Å². The first-order chi connectivity index (χ1) is 10.6. The minimum Gasteiger partial charge on any atom is -0.493 e. The Kier molecular flexibility index (Phi) is 4.65. The molecule has 0 unspecified atom stereocenters. The standard InChI is InChI=1S/C17H18NO4/c1-10-11(2)14(9-19)18-8-13(10)12-6-15(20-3)17(22-5)16(7-12)21-4/h6-8H,1-5H3. The number of rotatable bonds is 5. The number of benzene rings is 1. The largest absolute Gasteiger partial charge is 0.493 e. The van der Waals surface area contributed by atoms with Gasteiger partial charge < -0.3 is 14.2 Å². The van der Waals surface area contributed by atoms with E-state index in [2.05, 4.69) is 4.98 Å². The minimum absolute atomic E-state index is 0.327. The molecule has 5 heteroatoms. The summed E-state index contributed by atoms with van der Waals surface area (Å²) in [6, 6.07) is 3.71. The van der Waals surface area contributed by atoms with Crippen LogP contribution in [0.3, 0.4) is 0 Å². The molecule has 1 aromatic heterocycles. The van der Waals surface area contributed by atoms with Gasteiger partial charge in [0.1, 0.15) is 5.69 Å². The Morgan fingerprint density at radius 1 is 0.955 bits per heavy atom. The predicted octanol–water partition coefficient (Wildman–Crippen LogP) is 2.85. The van der Waals surface area contributed by atoms with Crippen LogP contribution >= 0.6 is 0 Å². The lowest BCUT2D eigenvalue weighted by Crippen LogP contribution is -1.99. The number of methoxy groups -OCH3 is 3. The topological polar surface area (TPSA) is 57.7 Å². The first-order valence-electron chi connectivity index (χ1n) is 6.72. The summed E-state index contributed by atoms with van der Waals surface area (Å²) < 4.78 is 16.1. The van der Waals surface area contributed by atoms with Crippen molar-refractivity contribution in [2.75, 3.05) is 21.3 Å². The highest BCUT2D eigenvalue weighted by Gasteiger charge is 2.16. The van der Waals surface area contributed by atoms with Crippen molar-refractivity contribution < 1.29 is 19.0 Å². The molecule has 22 heavy (non-hydrogen) atoms. The number of aromatic nitrogens is 1. The van der Waals surface area contributed by atoms with Crippen LogP contribution in [-0.2, 0) is 4.79 Å². The van der Waals surface area contributed by atoms with Crippen molar-refractivity contribution in [3.8, 4) is 28.4 Å². The lowest BCUT2D eigenvalue weighted by molar-refractivity contribution is 0.324. The number of carbonyl (C=O) groups excluding carboxylic acids is 1. The third kappa shape index (κ3) is 2.62. The van der Waals surface area contributed by atoms with Crippen LogP contribution in [-0.4, -0.2) is 32.6 Å². The van der Waals surface area contributed by atoms with Gasteiger partial charge in [-0.1, -0.05) is 0 Å². The number of hydrogen-bond acceptors (Lipinski definition) is 5. The Hall–Kier alpha value is -2.56. The molecule has 0 bridgehead atoms.